The third kappa shape index (κ3) is 5.10. The Kier molecular flexibility index (Phi) is 7.10. The van der Waals surface area contributed by atoms with E-state index in [4.69, 9.17) is 26.1 Å². The summed E-state index contributed by atoms with van der Waals surface area (Å²) in [6.07, 6.45) is 12.2. The third-order valence-corrected chi connectivity index (χ3v) is 9.41. The van der Waals surface area contributed by atoms with Gasteiger partial charge in [0.15, 0.2) is 5.82 Å². The number of nitrogens with zero attached hydrogens (tertiary/aromatic N) is 5. The van der Waals surface area contributed by atoms with Gasteiger partial charge < -0.3 is 25.0 Å². The summed E-state index contributed by atoms with van der Waals surface area (Å²) < 4.78 is 21.4. The van der Waals surface area contributed by atoms with Crippen molar-refractivity contribution in [1.29, 1.82) is 0 Å². The molecule has 2 aromatic heterocycles. The fraction of sp³-hybridized carbons (Fsp3) is 0.457. The van der Waals surface area contributed by atoms with E-state index in [0.717, 1.165) is 62.3 Å². The van der Waals surface area contributed by atoms with Gasteiger partial charge in [0.25, 0.3) is 0 Å². The number of rotatable bonds is 8. The number of anilines is 1. The monoisotopic (exact) mass is 594 g/mol. The molecule has 2 saturated heterocycles. The number of aromatic hydroxyl groups is 1. The van der Waals surface area contributed by atoms with Crippen LogP contribution in [0, 0.1) is 23.6 Å². The number of phenolic OH excluding ortho intramolecular Hbond substituents is 1. The van der Waals surface area contributed by atoms with Crippen LogP contribution < -0.4 is 15.0 Å². The Morgan fingerprint density at radius 1 is 1.14 bits per heavy atom. The number of aromatic nitrogens is 3. The zero-order chi connectivity index (χ0) is 30.7. The lowest BCUT2D eigenvalue weighted by Gasteiger charge is -2.34. The SMILES string of the molecule is C#Cc1c(F)ccc2cc(O)cc(-c3cnc4c(N5CC6CCC(C5)N6)nc(OCC5(CN(C)C)CC5)nc4c3C(C)C)c12. The van der Waals surface area contributed by atoms with Crippen molar-refractivity contribution in [3.8, 4) is 35.2 Å². The summed E-state index contributed by atoms with van der Waals surface area (Å²) in [5.74, 6) is 2.92. The van der Waals surface area contributed by atoms with Crippen LogP contribution in [0.2, 0.25) is 0 Å². The average Bonchev–Trinajstić information content (AvgIpc) is 3.67. The topological polar surface area (TPSA) is 86.6 Å². The number of pyridine rings is 1. The lowest BCUT2D eigenvalue weighted by atomic mass is 9.88. The third-order valence-electron chi connectivity index (χ3n) is 9.41. The molecule has 4 heterocycles. The van der Waals surface area contributed by atoms with E-state index in [0.29, 0.717) is 52.1 Å². The van der Waals surface area contributed by atoms with Crippen LogP contribution in [0.1, 0.15) is 56.6 Å². The van der Waals surface area contributed by atoms with Gasteiger partial charge in [0.1, 0.15) is 22.6 Å². The summed E-state index contributed by atoms with van der Waals surface area (Å²) in [6, 6.07) is 7.41. The van der Waals surface area contributed by atoms with E-state index >= 15 is 4.39 Å². The minimum absolute atomic E-state index is 0.00839. The second-order valence-corrected chi connectivity index (χ2v) is 13.5. The van der Waals surface area contributed by atoms with Gasteiger partial charge in [0.05, 0.1) is 12.2 Å². The number of fused-ring (bicyclic) bond motifs is 4. The first-order chi connectivity index (χ1) is 21.1. The maximum atomic E-state index is 15.0. The number of halogens is 1. The minimum Gasteiger partial charge on any atom is -0.508 e. The first kappa shape index (κ1) is 28.8. The van der Waals surface area contributed by atoms with Gasteiger partial charge in [-0.2, -0.15) is 9.97 Å². The maximum Gasteiger partial charge on any atom is 0.319 e. The quantitative estimate of drug-likeness (QED) is 0.260. The zero-order valence-electron chi connectivity index (χ0n) is 25.8. The highest BCUT2D eigenvalue weighted by Crippen LogP contribution is 2.47. The molecule has 1 saturated carbocycles. The molecular formula is C35H39FN6O2. The summed E-state index contributed by atoms with van der Waals surface area (Å²) in [5.41, 5.74) is 3.99. The molecule has 228 valence electrons. The number of hydrogen-bond acceptors (Lipinski definition) is 8. The Balaban J connectivity index is 1.43. The fourth-order valence-corrected chi connectivity index (χ4v) is 7.30. The van der Waals surface area contributed by atoms with E-state index in [2.05, 4.69) is 49.0 Å². The highest BCUT2D eigenvalue weighted by atomic mass is 19.1. The van der Waals surface area contributed by atoms with E-state index in [1.54, 1.807) is 24.4 Å². The highest BCUT2D eigenvalue weighted by molar-refractivity contribution is 6.04. The number of terminal acetylenes is 1. The molecule has 2 aromatic carbocycles. The average molecular weight is 595 g/mol. The molecular weight excluding hydrogens is 555 g/mol. The van der Waals surface area contributed by atoms with Crippen molar-refractivity contribution in [1.82, 2.24) is 25.2 Å². The molecule has 3 fully saturated rings. The van der Waals surface area contributed by atoms with Gasteiger partial charge in [-0.3, -0.25) is 4.98 Å². The van der Waals surface area contributed by atoms with E-state index in [1.807, 2.05) is 0 Å². The molecule has 44 heavy (non-hydrogen) atoms. The summed E-state index contributed by atoms with van der Waals surface area (Å²) >= 11 is 0. The Hall–Kier alpha value is -4.00. The van der Waals surface area contributed by atoms with Crippen molar-refractivity contribution in [2.45, 2.75) is 57.5 Å². The molecule has 8 nitrogen and oxygen atoms in total. The predicted molar refractivity (Wildman–Crippen MR) is 172 cm³/mol. The van der Waals surface area contributed by atoms with E-state index in [9.17, 15) is 5.11 Å². The van der Waals surface area contributed by atoms with Crippen LogP contribution in [0.4, 0.5) is 10.2 Å². The molecule has 0 amide bonds. The van der Waals surface area contributed by atoms with E-state index < -0.39 is 5.82 Å². The molecule has 2 atom stereocenters. The standard InChI is InChI=1S/C35H39FN6O2/c1-6-25-28(36)10-7-21-13-24(43)14-26(30(21)25)27-15-37-32-31(29(27)20(2)3)39-34(44-19-35(11-12-35)18-41(4)5)40-33(32)42-16-22-8-9-23(17-42)38-22/h1,7,10,13-15,20,22-23,38,43H,8-9,11-12,16-19H2,2-5H3. The van der Waals surface area contributed by atoms with Crippen LogP contribution >= 0.6 is 0 Å². The van der Waals surface area contributed by atoms with Gasteiger partial charge in [0.2, 0.25) is 0 Å². The molecule has 7 rings (SSSR count). The Labute approximate surface area is 257 Å². The van der Waals surface area contributed by atoms with Gasteiger partial charge in [-0.05, 0) is 80.4 Å². The molecule has 2 aliphatic heterocycles. The van der Waals surface area contributed by atoms with Crippen molar-refractivity contribution in [3.05, 3.63) is 47.4 Å². The van der Waals surface area contributed by atoms with Crippen LogP contribution in [-0.2, 0) is 0 Å². The molecule has 9 heteroatoms. The molecule has 2 bridgehead atoms. The van der Waals surface area contributed by atoms with Crippen molar-refractivity contribution >= 4 is 27.6 Å². The van der Waals surface area contributed by atoms with Gasteiger partial charge in [-0.15, -0.1) is 6.42 Å². The Morgan fingerprint density at radius 3 is 2.55 bits per heavy atom. The number of benzene rings is 2. The van der Waals surface area contributed by atoms with Gasteiger partial charge in [-0.1, -0.05) is 25.8 Å². The molecule has 4 aromatic rings. The largest absolute Gasteiger partial charge is 0.508 e. The van der Waals surface area contributed by atoms with Crippen LogP contribution in [0.15, 0.2) is 30.5 Å². The Bertz CT molecular complexity index is 1800. The molecule has 2 N–H and O–H groups in total. The van der Waals surface area contributed by atoms with Crippen molar-refractivity contribution in [3.63, 3.8) is 0 Å². The first-order valence-electron chi connectivity index (χ1n) is 15.6. The van der Waals surface area contributed by atoms with Gasteiger partial charge >= 0.3 is 6.01 Å². The second kappa shape index (κ2) is 10.9. The summed E-state index contributed by atoms with van der Waals surface area (Å²) in [7, 11) is 4.18. The normalized spacial score (nSPS) is 20.5. The summed E-state index contributed by atoms with van der Waals surface area (Å²) in [5, 5.41) is 15.7. The maximum absolute atomic E-state index is 15.0. The molecule has 1 aliphatic carbocycles. The van der Waals surface area contributed by atoms with E-state index in [-0.39, 0.29) is 22.6 Å². The summed E-state index contributed by atoms with van der Waals surface area (Å²) in [4.78, 5) is 19.6. The van der Waals surface area contributed by atoms with Crippen LogP contribution in [0.5, 0.6) is 11.8 Å². The number of piperazine rings is 1. The number of nitrogens with one attached hydrogen (secondary N) is 1. The molecule has 0 spiro atoms. The number of phenols is 1. The number of ether oxygens (including phenoxy) is 1. The molecule has 0 radical (unpaired) electrons. The Morgan fingerprint density at radius 2 is 1.89 bits per heavy atom. The van der Waals surface area contributed by atoms with Crippen LogP contribution in [-0.4, -0.2) is 77.4 Å². The van der Waals surface area contributed by atoms with Gasteiger partial charge in [-0.25, -0.2) is 4.39 Å². The first-order valence-corrected chi connectivity index (χ1v) is 15.6. The highest BCUT2D eigenvalue weighted by Gasteiger charge is 2.44. The summed E-state index contributed by atoms with van der Waals surface area (Å²) in [6.45, 7) is 7.40. The van der Waals surface area contributed by atoms with Crippen molar-refractivity contribution in [2.75, 3.05) is 45.2 Å². The lowest BCUT2D eigenvalue weighted by molar-refractivity contribution is 0.183. The number of hydrogen-bond donors (Lipinski definition) is 2. The molecule has 3 aliphatic rings. The lowest BCUT2D eigenvalue weighted by Crippen LogP contribution is -2.51. The van der Waals surface area contributed by atoms with Crippen molar-refractivity contribution < 1.29 is 14.2 Å². The molecule has 2 unspecified atom stereocenters. The smallest absolute Gasteiger partial charge is 0.319 e. The van der Waals surface area contributed by atoms with Gasteiger partial charge in [0, 0.05) is 54.3 Å². The second-order valence-electron chi connectivity index (χ2n) is 13.5. The van der Waals surface area contributed by atoms with Crippen LogP contribution in [0.3, 0.4) is 0 Å². The minimum atomic E-state index is -0.479. The zero-order valence-corrected chi connectivity index (χ0v) is 25.8. The van der Waals surface area contributed by atoms with Crippen molar-refractivity contribution in [2.24, 2.45) is 5.41 Å². The van der Waals surface area contributed by atoms with Crippen LogP contribution in [0.25, 0.3) is 32.9 Å². The van der Waals surface area contributed by atoms with E-state index in [1.165, 1.54) is 6.07 Å². The predicted octanol–water partition coefficient (Wildman–Crippen LogP) is 5.46. The fourth-order valence-electron chi connectivity index (χ4n) is 7.30.